The van der Waals surface area contributed by atoms with Crippen LogP contribution in [0, 0.1) is 5.82 Å². The number of carbonyl (C=O) groups excluding carboxylic acids is 1. The number of halogens is 1. The van der Waals surface area contributed by atoms with E-state index in [1.165, 1.54) is 12.1 Å². The minimum atomic E-state index is -3.56. The van der Waals surface area contributed by atoms with Crippen LogP contribution >= 0.6 is 0 Å². The normalized spacial score (nSPS) is 14.1. The van der Waals surface area contributed by atoms with Gasteiger partial charge in [0.1, 0.15) is 23.4 Å². The van der Waals surface area contributed by atoms with Crippen LogP contribution in [0.1, 0.15) is 17.5 Å². The van der Waals surface area contributed by atoms with Gasteiger partial charge in [0, 0.05) is 19.5 Å². The van der Waals surface area contributed by atoms with Crippen LogP contribution in [-0.4, -0.2) is 37.6 Å². The molecule has 3 aromatic carbocycles. The van der Waals surface area contributed by atoms with E-state index in [2.05, 4.69) is 0 Å². The molecule has 1 heterocycles. The zero-order valence-corrected chi connectivity index (χ0v) is 18.3. The molecule has 5 nitrogen and oxygen atoms in total. The second kappa shape index (κ2) is 9.53. The molecule has 1 amide bonds. The molecule has 0 saturated carbocycles. The molecule has 166 valence electrons. The first-order chi connectivity index (χ1) is 15.4. The molecule has 1 aliphatic rings. The van der Waals surface area contributed by atoms with Gasteiger partial charge in [-0.15, -0.1) is 0 Å². The average Bonchev–Trinajstić information content (AvgIpc) is 2.76. The summed E-state index contributed by atoms with van der Waals surface area (Å²) < 4.78 is 44.1. The highest BCUT2D eigenvalue weighted by atomic mass is 32.2. The molecule has 0 aromatic heterocycles. The molecular weight excluding hydrogens is 429 g/mol. The number of nitrogens with zero attached hydrogens (tertiary/aromatic N) is 1. The third kappa shape index (κ3) is 5.16. The number of sulfone groups is 1. The summed E-state index contributed by atoms with van der Waals surface area (Å²) in [6.07, 6.45) is 0.846. The maximum atomic E-state index is 13.1. The van der Waals surface area contributed by atoms with Crippen LogP contribution in [0.15, 0.2) is 83.8 Å². The number of likely N-dealkylation sites (tertiary alicyclic amines) is 1. The minimum absolute atomic E-state index is 0.0776. The van der Waals surface area contributed by atoms with E-state index in [0.29, 0.717) is 19.4 Å². The molecule has 0 spiro atoms. The smallest absolute Gasteiger partial charge is 0.222 e. The molecule has 0 N–H and O–H groups in total. The van der Waals surface area contributed by atoms with Crippen molar-refractivity contribution >= 4 is 15.7 Å². The van der Waals surface area contributed by atoms with E-state index in [0.717, 1.165) is 29.0 Å². The molecule has 4 rings (SSSR count). The predicted molar refractivity (Wildman–Crippen MR) is 119 cm³/mol. The quantitative estimate of drug-likeness (QED) is 0.483. The summed E-state index contributed by atoms with van der Waals surface area (Å²) in [7, 11) is -3.56. The van der Waals surface area contributed by atoms with E-state index in [1.54, 1.807) is 4.90 Å². The van der Waals surface area contributed by atoms with Gasteiger partial charge in [0.15, 0.2) is 9.84 Å². The van der Waals surface area contributed by atoms with Crippen molar-refractivity contribution in [1.82, 2.24) is 4.90 Å². The molecular formula is C25H24FNO4S. The molecule has 1 fully saturated rings. The summed E-state index contributed by atoms with van der Waals surface area (Å²) >= 11 is 0. The number of hydrogen-bond donors (Lipinski definition) is 0. The van der Waals surface area contributed by atoms with Crippen molar-refractivity contribution in [2.24, 2.45) is 0 Å². The van der Waals surface area contributed by atoms with Crippen LogP contribution in [-0.2, 0) is 27.7 Å². The Morgan fingerprint density at radius 3 is 2.34 bits per heavy atom. The maximum absolute atomic E-state index is 13.1. The molecule has 0 radical (unpaired) electrons. The topological polar surface area (TPSA) is 63.7 Å². The van der Waals surface area contributed by atoms with Crippen molar-refractivity contribution in [3.63, 3.8) is 0 Å². The molecule has 32 heavy (non-hydrogen) atoms. The number of rotatable bonds is 8. The third-order valence-electron chi connectivity index (χ3n) is 5.56. The second-order valence-corrected chi connectivity index (χ2v) is 10.1. The lowest BCUT2D eigenvalue weighted by atomic mass is 10.1. The number of carbonyl (C=O) groups is 1. The van der Waals surface area contributed by atoms with Crippen molar-refractivity contribution in [2.75, 3.05) is 13.1 Å². The van der Waals surface area contributed by atoms with Gasteiger partial charge in [-0.1, -0.05) is 42.5 Å². The summed E-state index contributed by atoms with van der Waals surface area (Å²) in [6, 6.07) is 22.3. The summed E-state index contributed by atoms with van der Waals surface area (Å²) in [5.74, 6) is 0.184. The van der Waals surface area contributed by atoms with Crippen LogP contribution in [0.2, 0.25) is 0 Å². The summed E-state index contributed by atoms with van der Waals surface area (Å²) in [5, 5.41) is -0.647. The first-order valence-electron chi connectivity index (χ1n) is 10.4. The average molecular weight is 454 g/mol. The fraction of sp³-hybridized carbons (Fsp3) is 0.240. The molecule has 7 heteroatoms. The fourth-order valence-corrected chi connectivity index (χ4v) is 5.25. The minimum Gasteiger partial charge on any atom is -0.489 e. The van der Waals surface area contributed by atoms with Crippen molar-refractivity contribution < 1.29 is 22.3 Å². The van der Waals surface area contributed by atoms with E-state index in [1.807, 2.05) is 54.6 Å². The highest BCUT2D eigenvalue weighted by Crippen LogP contribution is 2.25. The van der Waals surface area contributed by atoms with Crippen LogP contribution in [0.4, 0.5) is 4.39 Å². The standard InChI is InChI=1S/C25H24FNO4S/c26-21-10-12-23(13-11-21)32(29,30)24-16-27(17-24)25(28)14-9-19-7-4-8-22(15-19)31-18-20-5-2-1-3-6-20/h1-8,10-13,15,24H,9,14,16-18H2. The number of amides is 1. The van der Waals surface area contributed by atoms with Gasteiger partial charge < -0.3 is 9.64 Å². The second-order valence-electron chi connectivity index (χ2n) is 7.84. The van der Waals surface area contributed by atoms with Gasteiger partial charge in [0.25, 0.3) is 0 Å². The molecule has 0 aliphatic carbocycles. The number of benzene rings is 3. The van der Waals surface area contributed by atoms with Gasteiger partial charge in [-0.05, 0) is 53.9 Å². The van der Waals surface area contributed by atoms with Gasteiger partial charge in [-0.3, -0.25) is 4.79 Å². The first-order valence-corrected chi connectivity index (χ1v) is 12.0. The highest BCUT2D eigenvalue weighted by molar-refractivity contribution is 7.92. The molecule has 0 unspecified atom stereocenters. The van der Waals surface area contributed by atoms with Crippen molar-refractivity contribution in [3.8, 4) is 5.75 Å². The van der Waals surface area contributed by atoms with E-state index < -0.39 is 20.9 Å². The van der Waals surface area contributed by atoms with Gasteiger partial charge in [-0.2, -0.15) is 0 Å². The zero-order valence-electron chi connectivity index (χ0n) is 17.5. The van der Waals surface area contributed by atoms with Crippen LogP contribution in [0.3, 0.4) is 0 Å². The Morgan fingerprint density at radius 2 is 1.62 bits per heavy atom. The molecule has 0 atom stereocenters. The van der Waals surface area contributed by atoms with Crippen LogP contribution < -0.4 is 4.74 Å². The Hall–Kier alpha value is -3.19. The van der Waals surface area contributed by atoms with Crippen LogP contribution in [0.25, 0.3) is 0 Å². The number of ether oxygens (including phenoxy) is 1. The third-order valence-corrected chi connectivity index (χ3v) is 7.66. The number of aryl methyl sites for hydroxylation is 1. The Bertz CT molecular complexity index is 1170. The summed E-state index contributed by atoms with van der Waals surface area (Å²) in [4.78, 5) is 14.1. The van der Waals surface area contributed by atoms with Crippen LogP contribution in [0.5, 0.6) is 5.75 Å². The molecule has 0 bridgehead atoms. The van der Waals surface area contributed by atoms with E-state index >= 15 is 0 Å². The Balaban J connectivity index is 1.26. The molecule has 1 saturated heterocycles. The van der Waals surface area contributed by atoms with Crippen molar-refractivity contribution in [3.05, 3.63) is 95.8 Å². The summed E-state index contributed by atoms with van der Waals surface area (Å²) in [6.45, 7) is 0.804. The lowest BCUT2D eigenvalue weighted by Crippen LogP contribution is -2.56. The predicted octanol–water partition coefficient (Wildman–Crippen LogP) is 4.02. The van der Waals surface area contributed by atoms with Crippen molar-refractivity contribution in [2.45, 2.75) is 29.6 Å². The fourth-order valence-electron chi connectivity index (χ4n) is 3.60. The highest BCUT2D eigenvalue weighted by Gasteiger charge is 2.40. The van der Waals surface area contributed by atoms with Gasteiger partial charge >= 0.3 is 0 Å². The lowest BCUT2D eigenvalue weighted by Gasteiger charge is -2.38. The first kappa shape index (κ1) is 22.0. The largest absolute Gasteiger partial charge is 0.489 e. The zero-order chi connectivity index (χ0) is 22.6. The van der Waals surface area contributed by atoms with E-state index in [9.17, 15) is 17.6 Å². The van der Waals surface area contributed by atoms with Gasteiger partial charge in [-0.25, -0.2) is 12.8 Å². The number of hydrogen-bond acceptors (Lipinski definition) is 4. The lowest BCUT2D eigenvalue weighted by molar-refractivity contribution is -0.134. The monoisotopic (exact) mass is 453 g/mol. The molecule has 3 aromatic rings. The Morgan fingerprint density at radius 1 is 0.938 bits per heavy atom. The van der Waals surface area contributed by atoms with E-state index in [4.69, 9.17) is 4.74 Å². The Kier molecular flexibility index (Phi) is 6.55. The van der Waals surface area contributed by atoms with Gasteiger partial charge in [0.05, 0.1) is 4.90 Å². The summed E-state index contributed by atoms with van der Waals surface area (Å²) in [5.41, 5.74) is 2.07. The van der Waals surface area contributed by atoms with E-state index in [-0.39, 0.29) is 23.9 Å². The molecule has 1 aliphatic heterocycles. The van der Waals surface area contributed by atoms with Crippen molar-refractivity contribution in [1.29, 1.82) is 0 Å². The maximum Gasteiger partial charge on any atom is 0.222 e. The SMILES string of the molecule is O=C(CCc1cccc(OCc2ccccc2)c1)N1CC(S(=O)(=O)c2ccc(F)cc2)C1. The van der Waals surface area contributed by atoms with Gasteiger partial charge in [0.2, 0.25) is 5.91 Å². The Labute approximate surface area is 187 Å².